The van der Waals surface area contributed by atoms with E-state index in [4.69, 9.17) is 4.74 Å². The Bertz CT molecular complexity index is 602. The van der Waals surface area contributed by atoms with E-state index in [0.717, 1.165) is 37.1 Å². The van der Waals surface area contributed by atoms with Gasteiger partial charge in [-0.15, -0.1) is 0 Å². The van der Waals surface area contributed by atoms with Crippen molar-refractivity contribution in [2.75, 3.05) is 27.2 Å². The van der Waals surface area contributed by atoms with E-state index in [0.29, 0.717) is 13.0 Å². The van der Waals surface area contributed by atoms with Crippen LogP contribution in [0.1, 0.15) is 37.3 Å². The van der Waals surface area contributed by atoms with Crippen LogP contribution < -0.4 is 4.74 Å². The third-order valence-electron chi connectivity index (χ3n) is 5.02. The molecule has 2 atom stereocenters. The van der Waals surface area contributed by atoms with Crippen LogP contribution in [-0.2, 0) is 9.59 Å². The predicted molar refractivity (Wildman–Crippen MR) is 87.0 cm³/mol. The van der Waals surface area contributed by atoms with Gasteiger partial charge in [0.05, 0.1) is 13.2 Å². The van der Waals surface area contributed by atoms with Crippen molar-refractivity contribution >= 4 is 11.8 Å². The first-order chi connectivity index (χ1) is 11.1. The minimum Gasteiger partial charge on any atom is -0.497 e. The van der Waals surface area contributed by atoms with E-state index in [1.807, 2.05) is 23.1 Å². The maximum Gasteiger partial charge on any atom is 0.226 e. The SMILES string of the molecule is COc1cccc([C@@H]2CCCN2C(=O)[C@H]2CCN(C)C(=O)C2)c1. The van der Waals surface area contributed by atoms with Crippen molar-refractivity contribution in [1.82, 2.24) is 9.80 Å². The number of amides is 2. The average molecular weight is 316 g/mol. The zero-order valence-corrected chi connectivity index (χ0v) is 13.8. The molecule has 5 heteroatoms. The molecule has 2 heterocycles. The van der Waals surface area contributed by atoms with E-state index in [2.05, 4.69) is 6.07 Å². The van der Waals surface area contributed by atoms with Crippen molar-refractivity contribution in [2.45, 2.75) is 31.7 Å². The predicted octanol–water partition coefficient (Wildman–Crippen LogP) is 2.23. The Morgan fingerprint density at radius 2 is 2.09 bits per heavy atom. The Kier molecular flexibility index (Phi) is 4.55. The highest BCUT2D eigenvalue weighted by atomic mass is 16.5. The number of likely N-dealkylation sites (tertiary alicyclic amines) is 2. The molecule has 0 N–H and O–H groups in total. The van der Waals surface area contributed by atoms with Gasteiger partial charge in [-0.2, -0.15) is 0 Å². The third-order valence-corrected chi connectivity index (χ3v) is 5.02. The molecule has 0 unspecified atom stereocenters. The summed E-state index contributed by atoms with van der Waals surface area (Å²) in [7, 11) is 3.46. The third kappa shape index (κ3) is 3.19. The lowest BCUT2D eigenvalue weighted by molar-refractivity contribution is -0.145. The molecule has 0 saturated carbocycles. The van der Waals surface area contributed by atoms with Crippen molar-refractivity contribution < 1.29 is 14.3 Å². The molecule has 0 aliphatic carbocycles. The van der Waals surface area contributed by atoms with Gasteiger partial charge >= 0.3 is 0 Å². The van der Waals surface area contributed by atoms with Gasteiger partial charge < -0.3 is 14.5 Å². The number of carbonyl (C=O) groups is 2. The Balaban J connectivity index is 1.75. The van der Waals surface area contributed by atoms with Gasteiger partial charge in [0.2, 0.25) is 11.8 Å². The first-order valence-electron chi connectivity index (χ1n) is 8.28. The minimum atomic E-state index is -0.162. The fourth-order valence-electron chi connectivity index (χ4n) is 3.61. The second kappa shape index (κ2) is 6.60. The van der Waals surface area contributed by atoms with Gasteiger partial charge in [0.25, 0.3) is 0 Å². The van der Waals surface area contributed by atoms with Crippen LogP contribution in [0.2, 0.25) is 0 Å². The highest BCUT2D eigenvalue weighted by molar-refractivity contribution is 5.87. The lowest BCUT2D eigenvalue weighted by Crippen LogP contribution is -2.43. The number of piperidine rings is 1. The van der Waals surface area contributed by atoms with Gasteiger partial charge in [0.15, 0.2) is 0 Å². The van der Waals surface area contributed by atoms with E-state index >= 15 is 0 Å². The van der Waals surface area contributed by atoms with Crippen LogP contribution in [0, 0.1) is 5.92 Å². The first kappa shape index (κ1) is 15.8. The van der Waals surface area contributed by atoms with Gasteiger partial charge in [-0.1, -0.05) is 12.1 Å². The van der Waals surface area contributed by atoms with Crippen LogP contribution in [0.3, 0.4) is 0 Å². The second-order valence-electron chi connectivity index (χ2n) is 6.47. The molecular weight excluding hydrogens is 292 g/mol. The molecule has 2 amide bonds. The van der Waals surface area contributed by atoms with Crippen LogP contribution in [0.5, 0.6) is 5.75 Å². The summed E-state index contributed by atoms with van der Waals surface area (Å²) in [5.74, 6) is 0.865. The molecule has 2 aliphatic rings. The van der Waals surface area contributed by atoms with Crippen LogP contribution in [-0.4, -0.2) is 48.9 Å². The fourth-order valence-corrected chi connectivity index (χ4v) is 3.61. The van der Waals surface area contributed by atoms with Crippen molar-refractivity contribution in [1.29, 1.82) is 0 Å². The quantitative estimate of drug-likeness (QED) is 0.859. The molecule has 0 spiro atoms. The molecule has 5 nitrogen and oxygen atoms in total. The smallest absolute Gasteiger partial charge is 0.226 e. The van der Waals surface area contributed by atoms with Crippen LogP contribution >= 0.6 is 0 Å². The summed E-state index contributed by atoms with van der Waals surface area (Å²) in [5.41, 5.74) is 1.12. The van der Waals surface area contributed by atoms with Crippen molar-refractivity contribution in [3.8, 4) is 5.75 Å². The van der Waals surface area contributed by atoms with Gasteiger partial charge in [-0.25, -0.2) is 0 Å². The average Bonchev–Trinajstić information content (AvgIpc) is 3.06. The normalized spacial score (nSPS) is 24.9. The van der Waals surface area contributed by atoms with Crippen LogP contribution in [0.15, 0.2) is 24.3 Å². The largest absolute Gasteiger partial charge is 0.497 e. The van der Waals surface area contributed by atoms with E-state index in [1.54, 1.807) is 19.1 Å². The summed E-state index contributed by atoms with van der Waals surface area (Å²) >= 11 is 0. The number of hydrogen-bond donors (Lipinski definition) is 0. The fraction of sp³-hybridized carbons (Fsp3) is 0.556. The van der Waals surface area contributed by atoms with Gasteiger partial charge in [-0.3, -0.25) is 9.59 Å². The van der Waals surface area contributed by atoms with Gasteiger partial charge in [-0.05, 0) is 37.0 Å². The number of ether oxygens (including phenoxy) is 1. The topological polar surface area (TPSA) is 49.9 Å². The summed E-state index contributed by atoms with van der Waals surface area (Å²) in [5, 5.41) is 0. The summed E-state index contributed by atoms with van der Waals surface area (Å²) in [6.07, 6.45) is 3.09. The highest BCUT2D eigenvalue weighted by Gasteiger charge is 2.37. The lowest BCUT2D eigenvalue weighted by atomic mass is 9.94. The Morgan fingerprint density at radius 3 is 2.83 bits per heavy atom. The molecule has 3 rings (SSSR count). The van der Waals surface area contributed by atoms with Crippen molar-refractivity contribution in [3.05, 3.63) is 29.8 Å². The molecule has 1 aromatic carbocycles. The number of rotatable bonds is 3. The zero-order chi connectivity index (χ0) is 16.4. The summed E-state index contributed by atoms with van der Waals surface area (Å²) in [4.78, 5) is 28.5. The van der Waals surface area contributed by atoms with Gasteiger partial charge in [0, 0.05) is 32.5 Å². The molecule has 0 radical (unpaired) electrons. The first-order valence-corrected chi connectivity index (χ1v) is 8.28. The summed E-state index contributed by atoms with van der Waals surface area (Å²) in [6, 6.07) is 8.05. The van der Waals surface area contributed by atoms with Crippen molar-refractivity contribution in [3.63, 3.8) is 0 Å². The molecule has 0 bridgehead atoms. The number of methoxy groups -OCH3 is 1. The second-order valence-corrected chi connectivity index (χ2v) is 6.47. The molecule has 0 aromatic heterocycles. The number of benzene rings is 1. The maximum absolute atomic E-state index is 12.9. The van der Waals surface area contributed by atoms with E-state index in [9.17, 15) is 9.59 Å². The van der Waals surface area contributed by atoms with Crippen molar-refractivity contribution in [2.24, 2.45) is 5.92 Å². The number of nitrogens with zero attached hydrogens (tertiary/aromatic N) is 2. The number of carbonyl (C=O) groups excluding carboxylic acids is 2. The Hall–Kier alpha value is -2.04. The number of hydrogen-bond acceptors (Lipinski definition) is 3. The van der Waals surface area contributed by atoms with Gasteiger partial charge in [0.1, 0.15) is 5.75 Å². The minimum absolute atomic E-state index is 0.0757. The molecule has 1 aromatic rings. The Morgan fingerprint density at radius 1 is 1.26 bits per heavy atom. The summed E-state index contributed by atoms with van der Waals surface area (Å²) < 4.78 is 5.30. The molecule has 124 valence electrons. The summed E-state index contributed by atoms with van der Waals surface area (Å²) in [6.45, 7) is 1.45. The maximum atomic E-state index is 12.9. The van der Waals surface area contributed by atoms with E-state index in [1.165, 1.54) is 0 Å². The molecular formula is C18H24N2O3. The molecule has 2 saturated heterocycles. The molecule has 2 aliphatic heterocycles. The molecule has 23 heavy (non-hydrogen) atoms. The molecule has 2 fully saturated rings. The van der Waals surface area contributed by atoms with Crippen LogP contribution in [0.4, 0.5) is 0 Å². The van der Waals surface area contributed by atoms with E-state index in [-0.39, 0.29) is 23.8 Å². The van der Waals surface area contributed by atoms with E-state index < -0.39 is 0 Å². The van der Waals surface area contributed by atoms with Crippen LogP contribution in [0.25, 0.3) is 0 Å². The Labute approximate surface area is 137 Å². The monoisotopic (exact) mass is 316 g/mol. The lowest BCUT2D eigenvalue weighted by Gasteiger charge is -2.33. The highest BCUT2D eigenvalue weighted by Crippen LogP contribution is 2.35. The standard InChI is InChI=1S/C18H24N2O3/c1-19-10-8-14(12-17(19)21)18(22)20-9-4-7-16(20)13-5-3-6-15(11-13)23-2/h3,5-6,11,14,16H,4,7-10,12H2,1-2H3/t14-,16-/m0/s1. The zero-order valence-electron chi connectivity index (χ0n) is 13.8.